The first kappa shape index (κ1) is 12.8. The van der Waals surface area contributed by atoms with Crippen molar-refractivity contribution in [1.29, 1.82) is 0 Å². The average Bonchev–Trinajstić information content (AvgIpc) is 2.63. The normalized spacial score (nSPS) is 24.5. The lowest BCUT2D eigenvalue weighted by atomic mass is 9.82. The van der Waals surface area contributed by atoms with Crippen molar-refractivity contribution in [2.75, 3.05) is 18.5 Å². The summed E-state index contributed by atoms with van der Waals surface area (Å²) in [7, 11) is 2.05. The van der Waals surface area contributed by atoms with Crippen LogP contribution in [0.25, 0.3) is 0 Å². The fourth-order valence-corrected chi connectivity index (χ4v) is 2.81. The summed E-state index contributed by atoms with van der Waals surface area (Å²) in [6, 6.07) is 0. The highest BCUT2D eigenvalue weighted by Gasteiger charge is 2.29. The summed E-state index contributed by atoms with van der Waals surface area (Å²) in [5, 5.41) is 10.3. The van der Waals surface area contributed by atoms with Crippen LogP contribution in [0.4, 0.5) is 5.13 Å². The molecule has 0 radical (unpaired) electrons. The van der Waals surface area contributed by atoms with Gasteiger partial charge in [0.15, 0.2) is 0 Å². The zero-order chi connectivity index (χ0) is 12.6. The molecule has 0 saturated heterocycles. The zero-order valence-electron chi connectivity index (χ0n) is 11.0. The molecule has 1 aromatic rings. The van der Waals surface area contributed by atoms with Crippen LogP contribution in [0.15, 0.2) is 0 Å². The van der Waals surface area contributed by atoms with Gasteiger partial charge in [-0.05, 0) is 18.8 Å². The van der Waals surface area contributed by atoms with E-state index in [1.165, 1.54) is 11.5 Å². The van der Waals surface area contributed by atoms with Gasteiger partial charge >= 0.3 is 0 Å². The fraction of sp³-hybridized carbons (Fsp3) is 0.833. The molecule has 1 N–H and O–H groups in total. The highest BCUT2D eigenvalue weighted by molar-refractivity contribution is 7.09. The molecule has 96 valence electrons. The average molecular weight is 255 g/mol. The van der Waals surface area contributed by atoms with Crippen LogP contribution in [-0.2, 0) is 5.41 Å². The van der Waals surface area contributed by atoms with E-state index in [9.17, 15) is 5.11 Å². The predicted molar refractivity (Wildman–Crippen MR) is 70.6 cm³/mol. The maximum absolute atomic E-state index is 9.27. The summed E-state index contributed by atoms with van der Waals surface area (Å²) in [5.41, 5.74) is 0.0161. The van der Waals surface area contributed by atoms with Crippen molar-refractivity contribution in [1.82, 2.24) is 9.36 Å². The Hall–Kier alpha value is -0.680. The van der Waals surface area contributed by atoms with Crippen LogP contribution in [0.2, 0.25) is 0 Å². The monoisotopic (exact) mass is 255 g/mol. The number of hydrogen-bond acceptors (Lipinski definition) is 5. The third-order valence-corrected chi connectivity index (χ3v) is 3.99. The summed E-state index contributed by atoms with van der Waals surface area (Å²) in [5.74, 6) is 1.52. The van der Waals surface area contributed by atoms with Crippen LogP contribution < -0.4 is 4.90 Å². The first-order chi connectivity index (χ1) is 7.86. The summed E-state index contributed by atoms with van der Waals surface area (Å²) in [6.07, 6.45) is 1.78. The molecule has 0 amide bonds. The highest BCUT2D eigenvalue weighted by atomic mass is 32.1. The van der Waals surface area contributed by atoms with E-state index in [0.29, 0.717) is 5.92 Å². The lowest BCUT2D eigenvalue weighted by Gasteiger charge is -2.34. The van der Waals surface area contributed by atoms with E-state index < -0.39 is 0 Å². The van der Waals surface area contributed by atoms with Gasteiger partial charge in [0.25, 0.3) is 0 Å². The molecule has 4 nitrogen and oxygen atoms in total. The molecule has 0 spiro atoms. The van der Waals surface area contributed by atoms with Gasteiger partial charge in [-0.1, -0.05) is 20.8 Å². The summed E-state index contributed by atoms with van der Waals surface area (Å²) >= 11 is 1.46. The number of aliphatic hydroxyl groups is 1. The van der Waals surface area contributed by atoms with Crippen LogP contribution in [-0.4, -0.2) is 34.2 Å². The van der Waals surface area contributed by atoms with Crippen molar-refractivity contribution in [2.24, 2.45) is 5.92 Å². The topological polar surface area (TPSA) is 49.2 Å². The molecule has 5 heteroatoms. The second kappa shape index (κ2) is 4.53. The summed E-state index contributed by atoms with van der Waals surface area (Å²) in [6.45, 7) is 7.35. The van der Waals surface area contributed by atoms with E-state index in [0.717, 1.165) is 30.3 Å². The third-order valence-electron chi connectivity index (χ3n) is 3.16. The first-order valence-corrected chi connectivity index (χ1v) is 6.87. The minimum absolute atomic E-state index is 0.0161. The number of aromatic nitrogens is 2. The minimum Gasteiger partial charge on any atom is -0.393 e. The quantitative estimate of drug-likeness (QED) is 0.898. The molecular formula is C12H21N3OS. The van der Waals surface area contributed by atoms with Gasteiger partial charge in [0.05, 0.1) is 6.10 Å². The number of rotatable bonds is 3. The van der Waals surface area contributed by atoms with Crippen LogP contribution in [0.5, 0.6) is 0 Å². The minimum atomic E-state index is -0.0760. The number of hydrogen-bond donors (Lipinski definition) is 1. The van der Waals surface area contributed by atoms with E-state index in [1.807, 2.05) is 0 Å². The maximum Gasteiger partial charge on any atom is 0.204 e. The Morgan fingerprint density at radius 3 is 2.53 bits per heavy atom. The molecule has 17 heavy (non-hydrogen) atoms. The van der Waals surface area contributed by atoms with E-state index in [2.05, 4.69) is 42.1 Å². The maximum atomic E-state index is 9.27. The molecule has 1 fully saturated rings. The van der Waals surface area contributed by atoms with Crippen molar-refractivity contribution in [3.8, 4) is 0 Å². The molecule has 0 unspecified atom stereocenters. The van der Waals surface area contributed by atoms with Crippen molar-refractivity contribution < 1.29 is 5.11 Å². The molecular weight excluding hydrogens is 234 g/mol. The second-order valence-electron chi connectivity index (χ2n) is 6.02. The number of anilines is 1. The lowest BCUT2D eigenvalue weighted by molar-refractivity contribution is 0.0465. The van der Waals surface area contributed by atoms with Gasteiger partial charge in [-0.3, -0.25) is 0 Å². The highest BCUT2D eigenvalue weighted by Crippen LogP contribution is 2.30. The summed E-state index contributed by atoms with van der Waals surface area (Å²) < 4.78 is 4.41. The van der Waals surface area contributed by atoms with E-state index >= 15 is 0 Å². The van der Waals surface area contributed by atoms with Crippen LogP contribution in [0, 0.1) is 5.92 Å². The second-order valence-corrected chi connectivity index (χ2v) is 6.75. The van der Waals surface area contributed by atoms with E-state index in [-0.39, 0.29) is 11.5 Å². The molecule has 0 atom stereocenters. The lowest BCUT2D eigenvalue weighted by Crippen LogP contribution is -2.37. The Bertz CT molecular complexity index is 379. The van der Waals surface area contributed by atoms with E-state index in [1.54, 1.807) is 0 Å². The molecule has 1 aliphatic carbocycles. The zero-order valence-corrected chi connectivity index (χ0v) is 11.8. The van der Waals surface area contributed by atoms with Crippen LogP contribution in [0.3, 0.4) is 0 Å². The standard InChI is InChI=1S/C12H21N3OS/c1-12(2,3)10-13-11(17-14-10)15(4)7-8-5-9(16)6-8/h8-9,16H,5-7H2,1-4H3. The van der Waals surface area contributed by atoms with Crippen LogP contribution in [0.1, 0.15) is 39.4 Å². The molecule has 2 rings (SSSR count). The molecule has 1 aliphatic rings. The van der Waals surface area contributed by atoms with Crippen molar-refractivity contribution in [2.45, 2.75) is 45.1 Å². The number of nitrogens with zero attached hydrogens (tertiary/aromatic N) is 3. The molecule has 1 aromatic heterocycles. The Labute approximate surface area is 107 Å². The Morgan fingerprint density at radius 2 is 2.06 bits per heavy atom. The number of aliphatic hydroxyl groups excluding tert-OH is 1. The van der Waals surface area contributed by atoms with Gasteiger partial charge in [0, 0.05) is 30.5 Å². The van der Waals surface area contributed by atoms with Crippen LogP contribution >= 0.6 is 11.5 Å². The van der Waals surface area contributed by atoms with Gasteiger partial charge in [-0.15, -0.1) is 0 Å². The fourth-order valence-electron chi connectivity index (χ4n) is 1.99. The Kier molecular flexibility index (Phi) is 3.41. The SMILES string of the molecule is CN(CC1CC(O)C1)c1nc(C(C)(C)C)ns1. The molecule has 1 heterocycles. The van der Waals surface area contributed by atoms with Gasteiger partial charge in [0.2, 0.25) is 5.13 Å². The smallest absolute Gasteiger partial charge is 0.204 e. The molecule has 0 aromatic carbocycles. The van der Waals surface area contributed by atoms with E-state index in [4.69, 9.17) is 0 Å². The summed E-state index contributed by atoms with van der Waals surface area (Å²) in [4.78, 5) is 6.74. The predicted octanol–water partition coefficient (Wildman–Crippen LogP) is 2.04. The molecule has 1 saturated carbocycles. The van der Waals surface area contributed by atoms with Crippen molar-refractivity contribution >= 4 is 16.7 Å². The first-order valence-electron chi connectivity index (χ1n) is 6.09. The Morgan fingerprint density at radius 1 is 1.41 bits per heavy atom. The molecule has 0 aliphatic heterocycles. The Balaban J connectivity index is 1.95. The van der Waals surface area contributed by atoms with Gasteiger partial charge in [-0.25, -0.2) is 4.98 Å². The van der Waals surface area contributed by atoms with Gasteiger partial charge < -0.3 is 10.0 Å². The van der Waals surface area contributed by atoms with Crippen molar-refractivity contribution in [3.05, 3.63) is 5.82 Å². The van der Waals surface area contributed by atoms with Gasteiger partial charge in [-0.2, -0.15) is 4.37 Å². The molecule has 0 bridgehead atoms. The van der Waals surface area contributed by atoms with Crippen molar-refractivity contribution in [3.63, 3.8) is 0 Å². The third kappa shape index (κ3) is 2.96. The largest absolute Gasteiger partial charge is 0.393 e. The van der Waals surface area contributed by atoms with Gasteiger partial charge in [0.1, 0.15) is 5.82 Å².